The Labute approximate surface area is 166 Å². The minimum absolute atomic E-state index is 0.134. The molecule has 1 aromatic rings. The summed E-state index contributed by atoms with van der Waals surface area (Å²) in [5, 5.41) is 3.64. The molecular weight excluding hydrogens is 384 g/mol. The summed E-state index contributed by atoms with van der Waals surface area (Å²) in [6, 6.07) is 6.04. The number of carbonyl (C=O) groups excluding carboxylic acids is 1. The third kappa shape index (κ3) is 5.40. The van der Waals surface area contributed by atoms with E-state index >= 15 is 0 Å². The van der Waals surface area contributed by atoms with Gasteiger partial charge in [0.1, 0.15) is 0 Å². The first-order valence-electron chi connectivity index (χ1n) is 9.02. The maximum atomic E-state index is 12.2. The van der Waals surface area contributed by atoms with Gasteiger partial charge < -0.3 is 5.32 Å². The van der Waals surface area contributed by atoms with Gasteiger partial charge in [-0.25, -0.2) is 12.7 Å². The molecule has 0 radical (unpaired) electrons. The summed E-state index contributed by atoms with van der Waals surface area (Å²) in [6.45, 7) is 4.46. The van der Waals surface area contributed by atoms with Crippen LogP contribution in [0.4, 0.5) is 0 Å². The average molecular weight is 413 g/mol. The van der Waals surface area contributed by atoms with Crippen LogP contribution in [-0.4, -0.2) is 43.9 Å². The molecule has 2 rings (SSSR count). The van der Waals surface area contributed by atoms with E-state index < -0.39 is 15.9 Å². The number of rotatable bonds is 4. The van der Waals surface area contributed by atoms with Crippen LogP contribution >= 0.6 is 12.2 Å². The number of nitrogens with one attached hydrogen (secondary N) is 3. The van der Waals surface area contributed by atoms with Gasteiger partial charge in [-0.05, 0) is 54.7 Å². The summed E-state index contributed by atoms with van der Waals surface area (Å²) in [7, 11) is -0.596. The van der Waals surface area contributed by atoms with Gasteiger partial charge in [-0.3, -0.25) is 15.6 Å². The molecule has 27 heavy (non-hydrogen) atoms. The highest BCUT2D eigenvalue weighted by atomic mass is 32.2. The molecule has 3 atom stereocenters. The molecule has 0 heterocycles. The zero-order chi connectivity index (χ0) is 20.2. The van der Waals surface area contributed by atoms with Crippen LogP contribution in [0.15, 0.2) is 29.2 Å². The number of hydrogen-bond donors (Lipinski definition) is 3. The summed E-state index contributed by atoms with van der Waals surface area (Å²) in [6.07, 6.45) is 3.46. The quantitative estimate of drug-likeness (QED) is 0.517. The molecule has 3 N–H and O–H groups in total. The van der Waals surface area contributed by atoms with Crippen molar-refractivity contribution in [3.8, 4) is 0 Å². The first kappa shape index (κ1) is 21.6. The van der Waals surface area contributed by atoms with Crippen LogP contribution in [-0.2, 0) is 10.0 Å². The molecule has 0 unspecified atom stereocenters. The maximum Gasteiger partial charge on any atom is 0.269 e. The monoisotopic (exact) mass is 412 g/mol. The lowest BCUT2D eigenvalue weighted by atomic mass is 9.78. The van der Waals surface area contributed by atoms with Gasteiger partial charge in [-0.1, -0.05) is 26.7 Å². The zero-order valence-corrected chi connectivity index (χ0v) is 17.8. The molecule has 150 valence electrons. The second-order valence-corrected chi connectivity index (χ2v) is 9.80. The number of benzene rings is 1. The predicted molar refractivity (Wildman–Crippen MR) is 110 cm³/mol. The normalized spacial score (nSPS) is 22.9. The van der Waals surface area contributed by atoms with Crippen LogP contribution in [0, 0.1) is 11.8 Å². The molecular formula is C18H28N4O3S2. The van der Waals surface area contributed by atoms with Crippen molar-refractivity contribution < 1.29 is 13.2 Å². The third-order valence-electron chi connectivity index (χ3n) is 5.21. The number of amides is 1. The molecule has 1 amide bonds. The Balaban J connectivity index is 1.89. The molecule has 9 heteroatoms. The zero-order valence-electron chi connectivity index (χ0n) is 16.2. The Morgan fingerprint density at radius 2 is 1.74 bits per heavy atom. The Morgan fingerprint density at radius 3 is 2.33 bits per heavy atom. The molecule has 0 bridgehead atoms. The van der Waals surface area contributed by atoms with Crippen molar-refractivity contribution >= 4 is 33.3 Å². The summed E-state index contributed by atoms with van der Waals surface area (Å²) in [5.41, 5.74) is 5.60. The number of hydrogen-bond acceptors (Lipinski definition) is 4. The highest BCUT2D eigenvalue weighted by Gasteiger charge is 2.27. The summed E-state index contributed by atoms with van der Waals surface area (Å²) in [5.74, 6) is 0.768. The Bertz CT molecular complexity index is 778. The molecule has 1 fully saturated rings. The first-order chi connectivity index (χ1) is 12.6. The number of sulfonamides is 1. The van der Waals surface area contributed by atoms with Crippen molar-refractivity contribution in [1.29, 1.82) is 0 Å². The van der Waals surface area contributed by atoms with Crippen LogP contribution in [0.3, 0.4) is 0 Å². The highest BCUT2D eigenvalue weighted by Crippen LogP contribution is 2.29. The Kier molecular flexibility index (Phi) is 7.19. The second-order valence-electron chi connectivity index (χ2n) is 7.24. The Hall–Kier alpha value is -1.71. The fourth-order valence-electron chi connectivity index (χ4n) is 3.16. The third-order valence-corrected chi connectivity index (χ3v) is 7.26. The molecule has 1 aromatic carbocycles. The van der Waals surface area contributed by atoms with Gasteiger partial charge in [0.05, 0.1) is 4.90 Å². The molecule has 7 nitrogen and oxygen atoms in total. The largest absolute Gasteiger partial charge is 0.358 e. The van der Waals surface area contributed by atoms with E-state index in [2.05, 4.69) is 30.0 Å². The van der Waals surface area contributed by atoms with Crippen molar-refractivity contribution in [2.45, 2.75) is 44.0 Å². The number of carbonyl (C=O) groups is 1. The second kappa shape index (κ2) is 8.99. The number of nitrogens with zero attached hydrogens (tertiary/aromatic N) is 1. The molecule has 0 aromatic heterocycles. The van der Waals surface area contributed by atoms with Gasteiger partial charge in [0, 0.05) is 25.7 Å². The molecule has 1 aliphatic rings. The lowest BCUT2D eigenvalue weighted by molar-refractivity contribution is 0.0943. The Morgan fingerprint density at radius 1 is 1.11 bits per heavy atom. The maximum absolute atomic E-state index is 12.2. The summed E-state index contributed by atoms with van der Waals surface area (Å²) < 4.78 is 25.2. The lowest BCUT2D eigenvalue weighted by Gasteiger charge is -2.35. The average Bonchev–Trinajstić information content (AvgIpc) is 2.63. The fourth-order valence-corrected chi connectivity index (χ4v) is 4.27. The van der Waals surface area contributed by atoms with Crippen LogP contribution in [0.1, 0.15) is 43.5 Å². The molecule has 1 saturated carbocycles. The van der Waals surface area contributed by atoms with E-state index in [1.54, 1.807) is 0 Å². The topological polar surface area (TPSA) is 90.5 Å². The van der Waals surface area contributed by atoms with E-state index in [0.717, 1.165) is 10.7 Å². The van der Waals surface area contributed by atoms with E-state index in [4.69, 9.17) is 12.2 Å². The van der Waals surface area contributed by atoms with E-state index in [0.29, 0.717) is 28.6 Å². The van der Waals surface area contributed by atoms with Gasteiger partial charge in [-0.2, -0.15) is 0 Å². The van der Waals surface area contributed by atoms with Crippen LogP contribution in [0.2, 0.25) is 0 Å². The number of thiocarbonyl (C=S) groups is 1. The van der Waals surface area contributed by atoms with Crippen molar-refractivity contribution in [2.24, 2.45) is 11.8 Å². The minimum atomic E-state index is -3.52. The molecule has 1 aliphatic carbocycles. The van der Waals surface area contributed by atoms with E-state index in [9.17, 15) is 13.2 Å². The molecule has 0 aliphatic heterocycles. The standard InChI is InChI=1S/C18H28N4O3S2/c1-12-6-5-7-16(13(12)2)19-18(26)21-20-17(23)14-8-10-15(11-9-14)27(24,25)22(3)4/h8-13,16H,5-7H2,1-4H3,(H,20,23)(H2,19,21,26)/t12-,13-,16+/m1/s1. The molecule has 0 saturated heterocycles. The van der Waals surface area contributed by atoms with Crippen molar-refractivity contribution in [2.75, 3.05) is 14.1 Å². The minimum Gasteiger partial charge on any atom is -0.358 e. The van der Waals surface area contributed by atoms with E-state index in [-0.39, 0.29) is 4.90 Å². The van der Waals surface area contributed by atoms with Crippen LogP contribution in [0.25, 0.3) is 0 Å². The summed E-state index contributed by atoms with van der Waals surface area (Å²) >= 11 is 5.27. The van der Waals surface area contributed by atoms with Crippen LogP contribution in [0.5, 0.6) is 0 Å². The van der Waals surface area contributed by atoms with Gasteiger partial charge in [0.15, 0.2) is 5.11 Å². The predicted octanol–water partition coefficient (Wildman–Crippen LogP) is 1.87. The SMILES string of the molecule is C[C@@H]1[C@H](C)CCC[C@@H]1NC(=S)NNC(=O)c1ccc(S(=O)(=O)N(C)C)cc1. The summed E-state index contributed by atoms with van der Waals surface area (Å²) in [4.78, 5) is 12.4. The first-order valence-corrected chi connectivity index (χ1v) is 10.9. The van der Waals surface area contributed by atoms with Gasteiger partial charge >= 0.3 is 0 Å². The van der Waals surface area contributed by atoms with Crippen molar-refractivity contribution in [3.63, 3.8) is 0 Å². The van der Waals surface area contributed by atoms with E-state index in [1.165, 1.54) is 51.2 Å². The van der Waals surface area contributed by atoms with Crippen LogP contribution < -0.4 is 16.2 Å². The fraction of sp³-hybridized carbons (Fsp3) is 0.556. The van der Waals surface area contributed by atoms with Crippen molar-refractivity contribution in [1.82, 2.24) is 20.5 Å². The highest BCUT2D eigenvalue weighted by molar-refractivity contribution is 7.89. The molecule has 0 spiro atoms. The van der Waals surface area contributed by atoms with Crippen molar-refractivity contribution in [3.05, 3.63) is 29.8 Å². The van der Waals surface area contributed by atoms with Gasteiger partial charge in [-0.15, -0.1) is 0 Å². The number of hydrazine groups is 1. The van der Waals surface area contributed by atoms with E-state index in [1.807, 2.05) is 0 Å². The lowest BCUT2D eigenvalue weighted by Crippen LogP contribution is -2.52. The van der Waals surface area contributed by atoms with Gasteiger partial charge in [0.2, 0.25) is 10.0 Å². The smallest absolute Gasteiger partial charge is 0.269 e. The van der Waals surface area contributed by atoms with Gasteiger partial charge in [0.25, 0.3) is 5.91 Å².